The number of nitrogens with zero attached hydrogens (tertiary/aromatic N) is 3. The molecule has 1 aromatic heterocycles. The van der Waals surface area contributed by atoms with Gasteiger partial charge in [0.2, 0.25) is 26.0 Å². The molecule has 2 atom stereocenters. The number of sulfonamides is 2. The van der Waals surface area contributed by atoms with Gasteiger partial charge in [0.05, 0.1) is 10.6 Å². The van der Waals surface area contributed by atoms with E-state index in [-0.39, 0.29) is 45.2 Å². The molecule has 1 unspecified atom stereocenters. The Hall–Kier alpha value is -3.52. The number of anilines is 2. The second-order valence-corrected chi connectivity index (χ2v) is 15.1. The fraction of sp³-hybridized carbons (Fsp3) is 0.367. The molecule has 0 bridgehead atoms. The molecule has 234 valence electrons. The summed E-state index contributed by atoms with van der Waals surface area (Å²) in [5.41, 5.74) is 1.06. The van der Waals surface area contributed by atoms with Gasteiger partial charge in [0.1, 0.15) is 17.9 Å². The summed E-state index contributed by atoms with van der Waals surface area (Å²) in [4.78, 5) is 34.1. The zero-order chi connectivity index (χ0) is 31.6. The lowest BCUT2D eigenvalue weighted by molar-refractivity contribution is -0.127. The molecule has 5 rings (SSSR count). The Labute approximate surface area is 262 Å². The monoisotopic (exact) mass is 659 g/mol. The Morgan fingerprint density at radius 3 is 2.45 bits per heavy atom. The van der Waals surface area contributed by atoms with Crippen molar-refractivity contribution in [3.63, 3.8) is 0 Å². The lowest BCUT2D eigenvalue weighted by atomic mass is 9.94. The first kappa shape index (κ1) is 31.9. The summed E-state index contributed by atoms with van der Waals surface area (Å²) in [6.07, 6.45) is 5.86. The molecule has 1 saturated carbocycles. The van der Waals surface area contributed by atoms with Gasteiger partial charge in [-0.1, -0.05) is 55.1 Å². The van der Waals surface area contributed by atoms with Gasteiger partial charge in [-0.15, -0.1) is 0 Å². The van der Waals surface area contributed by atoms with Gasteiger partial charge >= 0.3 is 0 Å². The van der Waals surface area contributed by atoms with Gasteiger partial charge < -0.3 is 5.32 Å². The predicted octanol–water partition coefficient (Wildman–Crippen LogP) is 3.82. The van der Waals surface area contributed by atoms with Crippen molar-refractivity contribution in [3.05, 3.63) is 83.0 Å². The number of hydrogen-bond acceptors (Lipinski definition) is 7. The number of nitrogens with two attached hydrogens (primary N) is 1. The number of nitrogens with one attached hydrogen (secondary N) is 1. The van der Waals surface area contributed by atoms with E-state index < -0.39 is 43.9 Å². The third kappa shape index (κ3) is 6.75. The van der Waals surface area contributed by atoms with Gasteiger partial charge in [-0.3, -0.25) is 14.5 Å². The topological polar surface area (TPSA) is 160 Å². The molecule has 2 heterocycles. The number of aromatic nitrogens is 1. The molecule has 2 aliphatic rings. The van der Waals surface area contributed by atoms with Crippen LogP contribution >= 0.6 is 11.6 Å². The predicted molar refractivity (Wildman–Crippen MR) is 168 cm³/mol. The van der Waals surface area contributed by atoms with Gasteiger partial charge in [-0.25, -0.2) is 31.3 Å². The average molecular weight is 660 g/mol. The molecule has 0 spiro atoms. The molecule has 1 saturated heterocycles. The number of amides is 2. The number of pyridine rings is 1. The van der Waals surface area contributed by atoms with Crippen LogP contribution in [0.25, 0.3) is 0 Å². The lowest BCUT2D eigenvalue weighted by Gasteiger charge is -2.36. The Morgan fingerprint density at radius 2 is 1.77 bits per heavy atom. The first-order chi connectivity index (χ1) is 20.9. The van der Waals surface area contributed by atoms with E-state index in [2.05, 4.69) is 10.3 Å². The maximum atomic E-state index is 14.8. The Balaban J connectivity index is 1.69. The number of halogens is 1. The quantitative estimate of drug-likeness (QED) is 0.372. The van der Waals surface area contributed by atoms with Crippen LogP contribution in [0.2, 0.25) is 5.02 Å². The Morgan fingerprint density at radius 1 is 1.05 bits per heavy atom. The summed E-state index contributed by atoms with van der Waals surface area (Å²) < 4.78 is 52.4. The van der Waals surface area contributed by atoms with Crippen LogP contribution in [0.4, 0.5) is 11.5 Å². The number of rotatable bonds is 8. The summed E-state index contributed by atoms with van der Waals surface area (Å²) in [6.45, 7) is 1.78. The van der Waals surface area contributed by atoms with Crippen LogP contribution in [0.15, 0.2) is 71.8 Å². The van der Waals surface area contributed by atoms with Crippen LogP contribution in [0.5, 0.6) is 0 Å². The zero-order valence-electron chi connectivity index (χ0n) is 24.1. The highest BCUT2D eigenvalue weighted by molar-refractivity contribution is 7.93. The van der Waals surface area contributed by atoms with Crippen molar-refractivity contribution in [3.8, 4) is 0 Å². The molecule has 0 radical (unpaired) electrons. The zero-order valence-corrected chi connectivity index (χ0v) is 26.5. The van der Waals surface area contributed by atoms with E-state index in [1.807, 2.05) is 0 Å². The van der Waals surface area contributed by atoms with Crippen molar-refractivity contribution in [1.29, 1.82) is 0 Å². The summed E-state index contributed by atoms with van der Waals surface area (Å²) in [6, 6.07) is 12.4. The van der Waals surface area contributed by atoms with E-state index in [0.29, 0.717) is 0 Å². The molecular formula is C30H34ClN5O6S2. The smallest absolute Gasteiger partial charge is 0.252 e. The normalized spacial score (nSPS) is 19.3. The lowest BCUT2D eigenvalue weighted by Crippen LogP contribution is -2.53. The fourth-order valence-corrected chi connectivity index (χ4v) is 8.31. The molecular weight excluding hydrogens is 626 g/mol. The molecule has 3 N–H and O–H groups in total. The SMILES string of the molecule is Cc1ccnc(N2[C@H](C(=O)N(c3cccc(S(N)(=O)=O)c3)C(C(=O)NC3CCCCC3)c3ccccc3Cl)CCS2(=O)=O)c1. The molecule has 11 nitrogen and oxygen atoms in total. The second kappa shape index (κ2) is 12.8. The molecule has 44 heavy (non-hydrogen) atoms. The van der Waals surface area contributed by atoms with Gasteiger partial charge in [-0.2, -0.15) is 0 Å². The summed E-state index contributed by atoms with van der Waals surface area (Å²) in [5, 5.41) is 8.71. The van der Waals surface area contributed by atoms with Gasteiger partial charge in [0.25, 0.3) is 5.91 Å². The van der Waals surface area contributed by atoms with E-state index in [1.165, 1.54) is 30.5 Å². The number of primary sulfonamides is 1. The molecule has 2 amide bonds. The third-order valence-electron chi connectivity index (χ3n) is 7.96. The highest BCUT2D eigenvalue weighted by Gasteiger charge is 2.47. The van der Waals surface area contributed by atoms with Crippen LogP contribution in [0, 0.1) is 6.92 Å². The van der Waals surface area contributed by atoms with E-state index in [9.17, 15) is 26.4 Å². The highest BCUT2D eigenvalue weighted by Crippen LogP contribution is 2.37. The van der Waals surface area contributed by atoms with Crippen LogP contribution < -0.4 is 19.7 Å². The third-order valence-corrected chi connectivity index (χ3v) is 11.0. The Kier molecular flexibility index (Phi) is 9.30. The standard InChI is InChI=1S/C30H34ClN5O6S2/c1-20-14-16-33-27(18-20)36-26(15-17-43(36,39)40)30(38)35(22-10-7-11-23(19-22)44(32,41)42)28(24-12-5-6-13-25(24)31)29(37)34-21-8-3-2-4-9-21/h5-7,10-14,16,18-19,21,26,28H,2-4,8-9,15,17H2,1H3,(H,34,37)(H2,32,41,42)/t26-,28?/m0/s1. The summed E-state index contributed by atoms with van der Waals surface area (Å²) in [7, 11) is -8.16. The first-order valence-electron chi connectivity index (χ1n) is 14.3. The molecule has 14 heteroatoms. The summed E-state index contributed by atoms with van der Waals surface area (Å²) in [5.74, 6) is -1.53. The van der Waals surface area contributed by atoms with E-state index in [0.717, 1.165) is 46.9 Å². The van der Waals surface area contributed by atoms with Crippen LogP contribution in [0.3, 0.4) is 0 Å². The van der Waals surface area contributed by atoms with Gasteiger partial charge in [0.15, 0.2) is 0 Å². The first-order valence-corrected chi connectivity index (χ1v) is 17.9. The number of carbonyl (C=O) groups excluding carboxylic acids is 2. The highest BCUT2D eigenvalue weighted by atomic mass is 35.5. The van der Waals surface area contributed by atoms with E-state index in [1.54, 1.807) is 43.3 Å². The number of aryl methyl sites for hydroxylation is 1. The van der Waals surface area contributed by atoms with Crippen molar-refractivity contribution in [2.75, 3.05) is 15.0 Å². The molecule has 3 aromatic rings. The largest absolute Gasteiger partial charge is 0.351 e. The summed E-state index contributed by atoms with van der Waals surface area (Å²) >= 11 is 6.64. The minimum atomic E-state index is -4.20. The van der Waals surface area contributed by atoms with Crippen LogP contribution in [-0.4, -0.2) is 51.5 Å². The van der Waals surface area contributed by atoms with Crippen molar-refractivity contribution in [2.45, 2.75) is 68.5 Å². The number of benzene rings is 2. The average Bonchev–Trinajstić information content (AvgIpc) is 3.31. The van der Waals surface area contributed by atoms with E-state index >= 15 is 0 Å². The minimum absolute atomic E-state index is 0.0340. The van der Waals surface area contributed by atoms with Gasteiger partial charge in [-0.05, 0) is 68.1 Å². The molecule has 1 aliphatic heterocycles. The maximum absolute atomic E-state index is 14.8. The number of hydrogen-bond donors (Lipinski definition) is 2. The molecule has 2 fully saturated rings. The van der Waals surface area contributed by atoms with Crippen LogP contribution in [0.1, 0.15) is 55.7 Å². The van der Waals surface area contributed by atoms with Crippen molar-refractivity contribution < 1.29 is 26.4 Å². The maximum Gasteiger partial charge on any atom is 0.252 e. The van der Waals surface area contributed by atoms with Crippen molar-refractivity contribution >= 4 is 55.0 Å². The van der Waals surface area contributed by atoms with Gasteiger partial charge in [0, 0.05) is 28.5 Å². The molecule has 1 aliphatic carbocycles. The van der Waals surface area contributed by atoms with Crippen molar-refractivity contribution in [2.24, 2.45) is 5.14 Å². The fourth-order valence-electron chi connectivity index (χ4n) is 5.83. The van der Waals surface area contributed by atoms with Crippen LogP contribution in [-0.2, 0) is 29.6 Å². The second-order valence-electron chi connectivity index (χ2n) is 11.1. The van der Waals surface area contributed by atoms with E-state index in [4.69, 9.17) is 16.7 Å². The Bertz CT molecular complexity index is 1780. The van der Waals surface area contributed by atoms with Crippen molar-refractivity contribution in [1.82, 2.24) is 10.3 Å². The molecule has 2 aromatic carbocycles. The minimum Gasteiger partial charge on any atom is -0.351 e. The number of carbonyl (C=O) groups is 2.